The molecule has 96 valence electrons. The van der Waals surface area contributed by atoms with Crippen LogP contribution in [0.4, 0.5) is 5.82 Å². The van der Waals surface area contributed by atoms with E-state index in [9.17, 15) is 0 Å². The first-order valence-electron chi connectivity index (χ1n) is 6.80. The maximum atomic E-state index is 9.06. The van der Waals surface area contributed by atoms with Crippen molar-refractivity contribution in [3.05, 3.63) is 23.4 Å². The van der Waals surface area contributed by atoms with Gasteiger partial charge in [-0.3, -0.25) is 0 Å². The Bertz CT molecular complexity index is 448. The molecule has 1 fully saturated rings. The van der Waals surface area contributed by atoms with E-state index in [1.807, 2.05) is 19.1 Å². The summed E-state index contributed by atoms with van der Waals surface area (Å²) in [6, 6.07) is 5.92. The maximum absolute atomic E-state index is 9.06. The molecule has 0 amide bonds. The molecule has 0 spiro atoms. The van der Waals surface area contributed by atoms with Crippen LogP contribution in [-0.4, -0.2) is 11.5 Å². The Hall–Kier alpha value is -1.56. The molecule has 2 rings (SSSR count). The highest BCUT2D eigenvalue weighted by atomic mass is 15.0. The maximum Gasteiger partial charge on any atom is 0.144 e. The molecule has 0 aliphatic heterocycles. The van der Waals surface area contributed by atoms with Crippen LogP contribution in [0.1, 0.15) is 43.9 Å². The average Bonchev–Trinajstić information content (AvgIpc) is 2.37. The second-order valence-corrected chi connectivity index (χ2v) is 5.48. The van der Waals surface area contributed by atoms with Gasteiger partial charge in [-0.2, -0.15) is 5.26 Å². The summed E-state index contributed by atoms with van der Waals surface area (Å²) in [6.07, 6.45) is 5.29. The third-order valence-corrected chi connectivity index (χ3v) is 3.76. The van der Waals surface area contributed by atoms with E-state index in [1.54, 1.807) is 0 Å². The molecule has 2 atom stereocenters. The molecule has 1 aromatic rings. The van der Waals surface area contributed by atoms with Crippen molar-refractivity contribution < 1.29 is 0 Å². The van der Waals surface area contributed by atoms with E-state index >= 15 is 0 Å². The molecule has 0 saturated heterocycles. The van der Waals surface area contributed by atoms with Crippen LogP contribution in [0.25, 0.3) is 0 Å². The van der Waals surface area contributed by atoms with Crippen LogP contribution >= 0.6 is 0 Å². The Morgan fingerprint density at radius 3 is 3.00 bits per heavy atom. The monoisotopic (exact) mass is 243 g/mol. The number of aryl methyl sites for hydroxylation is 1. The molecule has 1 N–H and O–H groups in total. The lowest BCUT2D eigenvalue weighted by molar-refractivity contribution is 0.293. The van der Waals surface area contributed by atoms with Gasteiger partial charge in [-0.15, -0.1) is 0 Å². The fourth-order valence-corrected chi connectivity index (χ4v) is 2.77. The van der Waals surface area contributed by atoms with Gasteiger partial charge >= 0.3 is 0 Å². The van der Waals surface area contributed by atoms with Gasteiger partial charge in [0.1, 0.15) is 11.9 Å². The van der Waals surface area contributed by atoms with Gasteiger partial charge in [0, 0.05) is 12.2 Å². The van der Waals surface area contributed by atoms with Crippen LogP contribution in [0.2, 0.25) is 0 Å². The zero-order valence-electron chi connectivity index (χ0n) is 11.2. The lowest BCUT2D eigenvalue weighted by Gasteiger charge is -2.27. The third kappa shape index (κ3) is 3.22. The van der Waals surface area contributed by atoms with Crippen LogP contribution in [0.5, 0.6) is 0 Å². The molecule has 0 bridgehead atoms. The highest BCUT2D eigenvalue weighted by molar-refractivity contribution is 5.52. The number of nitriles is 1. The summed E-state index contributed by atoms with van der Waals surface area (Å²) in [4.78, 5) is 4.41. The van der Waals surface area contributed by atoms with Crippen molar-refractivity contribution in [3.63, 3.8) is 0 Å². The Morgan fingerprint density at radius 1 is 1.44 bits per heavy atom. The van der Waals surface area contributed by atoms with E-state index in [-0.39, 0.29) is 0 Å². The van der Waals surface area contributed by atoms with Crippen molar-refractivity contribution >= 4 is 5.82 Å². The molecule has 0 aromatic carbocycles. The van der Waals surface area contributed by atoms with Gasteiger partial charge in [0.25, 0.3) is 0 Å². The van der Waals surface area contributed by atoms with Gasteiger partial charge in [0.2, 0.25) is 0 Å². The van der Waals surface area contributed by atoms with Crippen molar-refractivity contribution in [2.75, 3.05) is 11.9 Å². The van der Waals surface area contributed by atoms with Crippen molar-refractivity contribution in [2.24, 2.45) is 11.8 Å². The lowest BCUT2D eigenvalue weighted by atomic mass is 9.82. The van der Waals surface area contributed by atoms with Gasteiger partial charge in [-0.05, 0) is 43.7 Å². The van der Waals surface area contributed by atoms with Gasteiger partial charge in [-0.1, -0.05) is 19.8 Å². The molecule has 1 saturated carbocycles. The van der Waals surface area contributed by atoms with Gasteiger partial charge < -0.3 is 5.32 Å². The standard InChI is InChI=1S/C15H21N3/c1-11-4-3-5-13(8-11)10-17-15-14(9-16)7-6-12(2)18-15/h6-7,11,13H,3-5,8,10H2,1-2H3,(H,17,18). The summed E-state index contributed by atoms with van der Waals surface area (Å²) in [5, 5.41) is 12.4. The van der Waals surface area contributed by atoms with Crippen molar-refractivity contribution in [1.82, 2.24) is 4.98 Å². The zero-order chi connectivity index (χ0) is 13.0. The number of anilines is 1. The molecule has 1 aliphatic carbocycles. The number of hydrogen-bond acceptors (Lipinski definition) is 3. The van der Waals surface area contributed by atoms with Crippen molar-refractivity contribution in [2.45, 2.75) is 39.5 Å². The zero-order valence-corrected chi connectivity index (χ0v) is 11.2. The van der Waals surface area contributed by atoms with Gasteiger partial charge in [0.15, 0.2) is 0 Å². The Labute approximate surface area is 109 Å². The largest absolute Gasteiger partial charge is 0.369 e. The summed E-state index contributed by atoms with van der Waals surface area (Å²) in [6.45, 7) is 5.22. The predicted octanol–water partition coefficient (Wildman–Crippen LogP) is 3.50. The number of nitrogens with one attached hydrogen (secondary N) is 1. The second kappa shape index (κ2) is 5.86. The first-order valence-corrected chi connectivity index (χ1v) is 6.80. The molecular formula is C15H21N3. The molecular weight excluding hydrogens is 222 g/mol. The predicted molar refractivity (Wildman–Crippen MR) is 73.3 cm³/mol. The first kappa shape index (κ1) is 12.9. The normalized spacial score (nSPS) is 23.4. The highest BCUT2D eigenvalue weighted by Crippen LogP contribution is 2.28. The molecule has 1 heterocycles. The van der Waals surface area contributed by atoms with E-state index in [1.165, 1.54) is 25.7 Å². The molecule has 2 unspecified atom stereocenters. The van der Waals surface area contributed by atoms with E-state index in [0.29, 0.717) is 5.56 Å². The minimum Gasteiger partial charge on any atom is -0.369 e. The summed E-state index contributed by atoms with van der Waals surface area (Å²) in [7, 11) is 0. The SMILES string of the molecule is Cc1ccc(C#N)c(NCC2CCCC(C)C2)n1. The Morgan fingerprint density at radius 2 is 2.28 bits per heavy atom. The van der Waals surface area contributed by atoms with Crippen LogP contribution in [0.3, 0.4) is 0 Å². The van der Waals surface area contributed by atoms with E-state index < -0.39 is 0 Å². The Balaban J connectivity index is 1.97. The topological polar surface area (TPSA) is 48.7 Å². The van der Waals surface area contributed by atoms with Crippen molar-refractivity contribution in [1.29, 1.82) is 5.26 Å². The van der Waals surface area contributed by atoms with Gasteiger partial charge in [0.05, 0.1) is 5.56 Å². The minimum absolute atomic E-state index is 0.643. The molecule has 18 heavy (non-hydrogen) atoms. The molecule has 3 heteroatoms. The number of rotatable bonds is 3. The quantitative estimate of drug-likeness (QED) is 0.884. The summed E-state index contributed by atoms with van der Waals surface area (Å²) in [5.41, 5.74) is 1.60. The average molecular weight is 243 g/mol. The number of hydrogen-bond donors (Lipinski definition) is 1. The van der Waals surface area contributed by atoms with Crippen LogP contribution < -0.4 is 5.32 Å². The summed E-state index contributed by atoms with van der Waals surface area (Å²) < 4.78 is 0. The molecule has 1 aromatic heterocycles. The summed E-state index contributed by atoms with van der Waals surface area (Å²) >= 11 is 0. The third-order valence-electron chi connectivity index (χ3n) is 3.76. The molecule has 0 radical (unpaired) electrons. The fraction of sp³-hybridized carbons (Fsp3) is 0.600. The van der Waals surface area contributed by atoms with Crippen LogP contribution in [-0.2, 0) is 0 Å². The van der Waals surface area contributed by atoms with Crippen LogP contribution in [0, 0.1) is 30.1 Å². The smallest absolute Gasteiger partial charge is 0.144 e. The fourth-order valence-electron chi connectivity index (χ4n) is 2.77. The van der Waals surface area contributed by atoms with Gasteiger partial charge in [-0.25, -0.2) is 4.98 Å². The summed E-state index contributed by atoms with van der Waals surface area (Å²) in [5.74, 6) is 2.31. The van der Waals surface area contributed by atoms with Crippen LogP contribution in [0.15, 0.2) is 12.1 Å². The minimum atomic E-state index is 0.643. The number of pyridine rings is 1. The van der Waals surface area contributed by atoms with E-state index in [0.717, 1.165) is 29.9 Å². The van der Waals surface area contributed by atoms with Crippen molar-refractivity contribution in [3.8, 4) is 6.07 Å². The number of aromatic nitrogens is 1. The number of nitrogens with zero attached hydrogens (tertiary/aromatic N) is 2. The lowest BCUT2D eigenvalue weighted by Crippen LogP contribution is -2.21. The molecule has 3 nitrogen and oxygen atoms in total. The Kier molecular flexibility index (Phi) is 4.19. The highest BCUT2D eigenvalue weighted by Gasteiger charge is 2.19. The van der Waals surface area contributed by atoms with E-state index in [4.69, 9.17) is 5.26 Å². The first-order chi connectivity index (χ1) is 8.69. The molecule has 1 aliphatic rings. The van der Waals surface area contributed by atoms with E-state index in [2.05, 4.69) is 23.3 Å². The second-order valence-electron chi connectivity index (χ2n) is 5.48.